The number of aromatic nitrogens is 2. The number of rotatable bonds is 2. The van der Waals surface area contributed by atoms with E-state index in [9.17, 15) is 8.78 Å². The lowest BCUT2D eigenvalue weighted by Gasteiger charge is -1.98. The lowest BCUT2D eigenvalue weighted by Crippen LogP contribution is -1.88. The van der Waals surface area contributed by atoms with Gasteiger partial charge in [-0.15, -0.1) is 21.8 Å². The summed E-state index contributed by atoms with van der Waals surface area (Å²) in [5.74, 6) is -1.89. The second-order valence-electron chi connectivity index (χ2n) is 3.16. The predicted octanol–water partition coefficient (Wildman–Crippen LogP) is 3.31. The molecule has 1 atom stereocenters. The van der Waals surface area contributed by atoms with E-state index < -0.39 is 17.0 Å². The molecule has 0 radical (unpaired) electrons. The molecule has 0 saturated heterocycles. The molecule has 2 aromatic rings. The maximum absolute atomic E-state index is 13.4. The molecule has 0 fully saturated rings. The second-order valence-corrected chi connectivity index (χ2v) is 3.82. The SMILES string of the molecule is CC(Cl)c1nnc(-c2cccc(F)c2F)o1. The fraction of sp³-hybridized carbons (Fsp3) is 0.200. The molecule has 6 heteroatoms. The van der Waals surface area contributed by atoms with E-state index in [1.54, 1.807) is 6.92 Å². The van der Waals surface area contributed by atoms with Crippen molar-refractivity contribution in [2.45, 2.75) is 12.3 Å². The van der Waals surface area contributed by atoms with Crippen molar-refractivity contribution in [3.63, 3.8) is 0 Å². The Balaban J connectivity index is 2.47. The first-order valence-corrected chi connectivity index (χ1v) is 4.95. The summed E-state index contributed by atoms with van der Waals surface area (Å²) in [4.78, 5) is 0. The van der Waals surface area contributed by atoms with Gasteiger partial charge in [-0.1, -0.05) is 6.07 Å². The van der Waals surface area contributed by atoms with E-state index in [-0.39, 0.29) is 17.3 Å². The van der Waals surface area contributed by atoms with Crippen LogP contribution in [-0.2, 0) is 0 Å². The van der Waals surface area contributed by atoms with E-state index in [1.807, 2.05) is 0 Å². The maximum atomic E-state index is 13.4. The van der Waals surface area contributed by atoms with Crippen LogP contribution in [0.4, 0.5) is 8.78 Å². The molecule has 3 nitrogen and oxygen atoms in total. The van der Waals surface area contributed by atoms with Gasteiger partial charge < -0.3 is 4.42 Å². The van der Waals surface area contributed by atoms with Gasteiger partial charge in [-0.25, -0.2) is 8.78 Å². The number of benzene rings is 1. The van der Waals surface area contributed by atoms with Gasteiger partial charge in [0.1, 0.15) is 5.38 Å². The molecule has 16 heavy (non-hydrogen) atoms. The number of halogens is 3. The molecule has 1 aromatic carbocycles. The molecular formula is C10H7ClF2N2O. The zero-order valence-electron chi connectivity index (χ0n) is 8.25. The topological polar surface area (TPSA) is 38.9 Å². The Morgan fingerprint density at radius 2 is 2.06 bits per heavy atom. The van der Waals surface area contributed by atoms with E-state index in [4.69, 9.17) is 16.0 Å². The highest BCUT2D eigenvalue weighted by Crippen LogP contribution is 2.26. The Bertz CT molecular complexity index is 513. The summed E-state index contributed by atoms with van der Waals surface area (Å²) in [6.45, 7) is 1.64. The van der Waals surface area contributed by atoms with E-state index in [0.29, 0.717) is 0 Å². The van der Waals surface area contributed by atoms with Crippen molar-refractivity contribution < 1.29 is 13.2 Å². The van der Waals surface area contributed by atoms with Gasteiger partial charge in [-0.05, 0) is 19.1 Å². The van der Waals surface area contributed by atoms with E-state index >= 15 is 0 Å². The minimum atomic E-state index is -1.01. The van der Waals surface area contributed by atoms with Crippen LogP contribution in [0.15, 0.2) is 22.6 Å². The molecule has 0 aliphatic carbocycles. The summed E-state index contributed by atoms with van der Waals surface area (Å²) in [5.41, 5.74) is -0.0731. The number of hydrogen-bond acceptors (Lipinski definition) is 3. The summed E-state index contributed by atoms with van der Waals surface area (Å²) < 4.78 is 31.4. The first kappa shape index (κ1) is 11.0. The Kier molecular flexibility index (Phi) is 2.87. The second kappa shape index (κ2) is 4.17. The van der Waals surface area contributed by atoms with Crippen LogP contribution >= 0.6 is 11.6 Å². The molecule has 1 unspecified atom stereocenters. The fourth-order valence-electron chi connectivity index (χ4n) is 1.17. The minimum Gasteiger partial charge on any atom is -0.419 e. The van der Waals surface area contributed by atoms with Gasteiger partial charge in [0, 0.05) is 0 Å². The van der Waals surface area contributed by atoms with E-state index in [2.05, 4.69) is 10.2 Å². The highest BCUT2D eigenvalue weighted by Gasteiger charge is 2.17. The molecule has 0 aliphatic rings. The van der Waals surface area contributed by atoms with Crippen molar-refractivity contribution >= 4 is 11.6 Å². The zero-order chi connectivity index (χ0) is 11.7. The van der Waals surface area contributed by atoms with Gasteiger partial charge >= 0.3 is 0 Å². The van der Waals surface area contributed by atoms with Crippen molar-refractivity contribution in [3.05, 3.63) is 35.7 Å². The van der Waals surface area contributed by atoms with Crippen molar-refractivity contribution in [2.24, 2.45) is 0 Å². The van der Waals surface area contributed by atoms with Gasteiger partial charge in [0.25, 0.3) is 5.89 Å². The van der Waals surface area contributed by atoms with Crippen LogP contribution in [0.2, 0.25) is 0 Å². The van der Waals surface area contributed by atoms with Crippen molar-refractivity contribution in [1.82, 2.24) is 10.2 Å². The molecule has 0 saturated carbocycles. The number of alkyl halides is 1. The molecule has 0 bridgehead atoms. The molecule has 0 spiro atoms. The summed E-state index contributed by atoms with van der Waals surface area (Å²) >= 11 is 5.71. The lowest BCUT2D eigenvalue weighted by molar-refractivity contribution is 0.487. The van der Waals surface area contributed by atoms with Crippen LogP contribution in [0, 0.1) is 11.6 Å². The highest BCUT2D eigenvalue weighted by molar-refractivity contribution is 6.20. The van der Waals surface area contributed by atoms with Crippen molar-refractivity contribution in [1.29, 1.82) is 0 Å². The third-order valence-corrected chi connectivity index (χ3v) is 2.15. The Labute approximate surface area is 95.1 Å². The summed E-state index contributed by atoms with van der Waals surface area (Å²) in [6.07, 6.45) is 0. The van der Waals surface area contributed by atoms with E-state index in [0.717, 1.165) is 6.07 Å². The van der Waals surface area contributed by atoms with Gasteiger partial charge in [0.2, 0.25) is 5.89 Å². The fourth-order valence-corrected chi connectivity index (χ4v) is 1.26. The Hall–Kier alpha value is -1.49. The first-order chi connectivity index (χ1) is 7.59. The summed E-state index contributed by atoms with van der Waals surface area (Å²) in [7, 11) is 0. The van der Waals surface area contributed by atoms with E-state index in [1.165, 1.54) is 12.1 Å². The van der Waals surface area contributed by atoms with Crippen molar-refractivity contribution in [2.75, 3.05) is 0 Å². The Morgan fingerprint density at radius 3 is 2.69 bits per heavy atom. The monoisotopic (exact) mass is 244 g/mol. The van der Waals surface area contributed by atoms with Gasteiger partial charge in [-0.3, -0.25) is 0 Å². The average molecular weight is 245 g/mol. The van der Waals surface area contributed by atoms with Gasteiger partial charge in [0.15, 0.2) is 11.6 Å². The van der Waals surface area contributed by atoms with Crippen LogP contribution < -0.4 is 0 Å². The number of hydrogen-bond donors (Lipinski definition) is 0. The first-order valence-electron chi connectivity index (χ1n) is 4.51. The largest absolute Gasteiger partial charge is 0.419 e. The third-order valence-electron chi connectivity index (χ3n) is 1.96. The van der Waals surface area contributed by atoms with Crippen LogP contribution in [0.5, 0.6) is 0 Å². The zero-order valence-corrected chi connectivity index (χ0v) is 9.00. The van der Waals surface area contributed by atoms with Crippen LogP contribution in [0.1, 0.15) is 18.2 Å². The van der Waals surface area contributed by atoms with Gasteiger partial charge in [0.05, 0.1) is 5.56 Å². The van der Waals surface area contributed by atoms with Crippen LogP contribution in [0.3, 0.4) is 0 Å². The third kappa shape index (κ3) is 1.90. The standard InChI is InChI=1S/C10H7ClF2N2O/c1-5(11)9-14-15-10(16-9)6-3-2-4-7(12)8(6)13/h2-5H,1H3. The normalized spacial score (nSPS) is 12.8. The molecular weight excluding hydrogens is 238 g/mol. The molecule has 2 rings (SSSR count). The molecule has 1 heterocycles. The Morgan fingerprint density at radius 1 is 1.31 bits per heavy atom. The molecule has 0 amide bonds. The van der Waals surface area contributed by atoms with Crippen molar-refractivity contribution in [3.8, 4) is 11.5 Å². The average Bonchev–Trinajstić information content (AvgIpc) is 2.71. The van der Waals surface area contributed by atoms with Crippen LogP contribution in [0.25, 0.3) is 11.5 Å². The summed E-state index contributed by atoms with van der Waals surface area (Å²) in [5, 5.41) is 6.75. The maximum Gasteiger partial charge on any atom is 0.250 e. The molecule has 0 N–H and O–H groups in total. The lowest BCUT2D eigenvalue weighted by atomic mass is 10.2. The van der Waals surface area contributed by atoms with Gasteiger partial charge in [-0.2, -0.15) is 0 Å². The smallest absolute Gasteiger partial charge is 0.250 e. The quantitative estimate of drug-likeness (QED) is 0.761. The predicted molar refractivity (Wildman–Crippen MR) is 53.9 cm³/mol. The number of nitrogens with zero attached hydrogens (tertiary/aromatic N) is 2. The molecule has 84 valence electrons. The minimum absolute atomic E-state index is 0.0731. The summed E-state index contributed by atoms with van der Waals surface area (Å²) in [6, 6.07) is 3.73. The molecule has 0 aliphatic heterocycles. The molecule has 1 aromatic heterocycles. The van der Waals surface area contributed by atoms with Crippen LogP contribution in [-0.4, -0.2) is 10.2 Å². The highest BCUT2D eigenvalue weighted by atomic mass is 35.5.